The summed E-state index contributed by atoms with van der Waals surface area (Å²) >= 11 is 0. The smallest absolute Gasteiger partial charge is 0.296 e. The molecule has 0 spiro atoms. The van der Waals surface area contributed by atoms with Gasteiger partial charge in [-0.15, -0.1) is 0 Å². The molecule has 0 saturated carbocycles. The summed E-state index contributed by atoms with van der Waals surface area (Å²) in [6.07, 6.45) is -3.83. The summed E-state index contributed by atoms with van der Waals surface area (Å²) in [5.74, 6) is -4.31. The Bertz CT molecular complexity index is 315. The Balaban J connectivity index is 3.05. The van der Waals surface area contributed by atoms with Gasteiger partial charge in [0, 0.05) is 6.07 Å². The molecule has 0 unspecified atom stereocenters. The quantitative estimate of drug-likeness (QED) is 0.663. The molecule has 3 nitrogen and oxygen atoms in total. The number of halogens is 4. The van der Waals surface area contributed by atoms with Crippen molar-refractivity contribution in [3.8, 4) is 0 Å². The Morgan fingerprint density at radius 1 is 1.33 bits per heavy atom. The Labute approximate surface area is 63.4 Å². The van der Waals surface area contributed by atoms with Crippen molar-refractivity contribution in [3.05, 3.63) is 22.1 Å². The molecule has 0 aromatic carbocycles. The molecule has 0 saturated heterocycles. The lowest BCUT2D eigenvalue weighted by Gasteiger charge is -2.11. The third kappa shape index (κ3) is 1.34. The van der Waals surface area contributed by atoms with Crippen molar-refractivity contribution in [2.75, 3.05) is 0 Å². The van der Waals surface area contributed by atoms with Gasteiger partial charge in [0.25, 0.3) is 5.56 Å². The van der Waals surface area contributed by atoms with Crippen molar-refractivity contribution in [2.45, 2.75) is 12.3 Å². The highest BCUT2D eigenvalue weighted by Gasteiger charge is 2.44. The molecule has 12 heavy (non-hydrogen) atoms. The Morgan fingerprint density at radius 3 is 2.25 bits per heavy atom. The minimum atomic E-state index is -4.31. The first-order valence-electron chi connectivity index (χ1n) is 2.88. The van der Waals surface area contributed by atoms with Crippen LogP contribution in [0.25, 0.3) is 0 Å². The summed E-state index contributed by atoms with van der Waals surface area (Å²) in [7, 11) is 0. The van der Waals surface area contributed by atoms with Gasteiger partial charge in [0.1, 0.15) is 5.69 Å². The molecule has 7 heteroatoms. The largest absolute Gasteiger partial charge is 0.348 e. The number of H-pyrrole nitrogens is 2. The Morgan fingerprint density at radius 2 is 1.92 bits per heavy atom. The van der Waals surface area contributed by atoms with Crippen molar-refractivity contribution in [1.82, 2.24) is 10.2 Å². The van der Waals surface area contributed by atoms with Crippen molar-refractivity contribution >= 4 is 0 Å². The fourth-order valence-corrected chi connectivity index (χ4v) is 0.629. The molecule has 0 aliphatic heterocycles. The molecule has 0 amide bonds. The monoisotopic (exact) mass is 184 g/mol. The van der Waals surface area contributed by atoms with E-state index < -0.39 is 23.6 Å². The van der Waals surface area contributed by atoms with Crippen LogP contribution < -0.4 is 5.56 Å². The van der Waals surface area contributed by atoms with E-state index in [2.05, 4.69) is 0 Å². The molecule has 1 aromatic rings. The van der Waals surface area contributed by atoms with E-state index in [9.17, 15) is 22.4 Å². The third-order valence-electron chi connectivity index (χ3n) is 1.23. The number of hydrogen-bond acceptors (Lipinski definition) is 1. The summed E-state index contributed by atoms with van der Waals surface area (Å²) in [6, 6.07) is 0.395. The zero-order chi connectivity index (χ0) is 9.35. The SMILES string of the molecule is O=c1cc(C(F)(F)C(F)F)[nH][nH]1. The van der Waals surface area contributed by atoms with Gasteiger partial charge in [0.15, 0.2) is 0 Å². The van der Waals surface area contributed by atoms with Crippen LogP contribution in [-0.4, -0.2) is 16.6 Å². The van der Waals surface area contributed by atoms with Gasteiger partial charge in [-0.2, -0.15) is 8.78 Å². The molecule has 2 N–H and O–H groups in total. The number of aromatic nitrogens is 2. The zero-order valence-corrected chi connectivity index (χ0v) is 5.57. The van der Waals surface area contributed by atoms with Gasteiger partial charge < -0.3 is 0 Å². The van der Waals surface area contributed by atoms with E-state index in [-0.39, 0.29) is 0 Å². The third-order valence-corrected chi connectivity index (χ3v) is 1.23. The van der Waals surface area contributed by atoms with E-state index >= 15 is 0 Å². The van der Waals surface area contributed by atoms with Crippen LogP contribution in [0, 0.1) is 0 Å². The van der Waals surface area contributed by atoms with E-state index in [1.165, 1.54) is 0 Å². The fraction of sp³-hybridized carbons (Fsp3) is 0.400. The lowest BCUT2D eigenvalue weighted by molar-refractivity contribution is -0.138. The molecule has 0 atom stereocenters. The van der Waals surface area contributed by atoms with Gasteiger partial charge in [-0.25, -0.2) is 8.78 Å². The molecule has 1 rings (SSSR count). The average Bonchev–Trinajstić information content (AvgIpc) is 2.35. The maximum Gasteiger partial charge on any atom is 0.348 e. The van der Waals surface area contributed by atoms with E-state index in [4.69, 9.17) is 0 Å². The standard InChI is InChI=1S/C5H4F4N2O/c6-4(7)5(8,9)2-1-3(12)11-10-2/h1,4H,(H2,10,11,12). The Kier molecular flexibility index (Phi) is 1.95. The topological polar surface area (TPSA) is 48.6 Å². The second kappa shape index (κ2) is 2.65. The minimum absolute atomic E-state index is 0.395. The molecule has 0 aliphatic rings. The average molecular weight is 184 g/mol. The first-order chi connectivity index (χ1) is 5.44. The number of rotatable bonds is 2. The van der Waals surface area contributed by atoms with E-state index in [1.54, 1.807) is 10.2 Å². The Hall–Kier alpha value is -1.27. The van der Waals surface area contributed by atoms with Crippen LogP contribution in [0.1, 0.15) is 5.69 Å². The van der Waals surface area contributed by atoms with Crippen molar-refractivity contribution < 1.29 is 17.6 Å². The summed E-state index contributed by atoms with van der Waals surface area (Å²) in [4.78, 5) is 10.3. The van der Waals surface area contributed by atoms with Gasteiger partial charge in [-0.1, -0.05) is 0 Å². The minimum Gasteiger partial charge on any atom is -0.296 e. The van der Waals surface area contributed by atoms with Crippen LogP contribution in [-0.2, 0) is 5.92 Å². The van der Waals surface area contributed by atoms with Crippen LogP contribution in [0.4, 0.5) is 17.6 Å². The molecule has 0 aliphatic carbocycles. The summed E-state index contributed by atoms with van der Waals surface area (Å²) in [5, 5.41) is 3.40. The van der Waals surface area contributed by atoms with Crippen LogP contribution in [0.2, 0.25) is 0 Å². The zero-order valence-electron chi connectivity index (χ0n) is 5.57. The highest BCUT2D eigenvalue weighted by Crippen LogP contribution is 2.31. The van der Waals surface area contributed by atoms with Gasteiger partial charge in [-0.3, -0.25) is 15.0 Å². The molecule has 1 aromatic heterocycles. The second-order valence-corrected chi connectivity index (χ2v) is 2.10. The summed E-state index contributed by atoms with van der Waals surface area (Å²) in [5.41, 5.74) is -1.98. The van der Waals surface area contributed by atoms with E-state index in [0.717, 1.165) is 0 Å². The number of nitrogens with one attached hydrogen (secondary N) is 2. The molecule has 0 bridgehead atoms. The summed E-state index contributed by atoms with van der Waals surface area (Å²) < 4.78 is 47.9. The molecular weight excluding hydrogens is 180 g/mol. The van der Waals surface area contributed by atoms with Gasteiger partial charge in [-0.05, 0) is 0 Å². The fourth-order valence-electron chi connectivity index (χ4n) is 0.629. The van der Waals surface area contributed by atoms with Crippen LogP contribution in [0.5, 0.6) is 0 Å². The van der Waals surface area contributed by atoms with Gasteiger partial charge >= 0.3 is 12.3 Å². The normalized spacial score (nSPS) is 12.4. The van der Waals surface area contributed by atoms with Crippen molar-refractivity contribution in [3.63, 3.8) is 0 Å². The molecule has 0 radical (unpaired) electrons. The van der Waals surface area contributed by atoms with Crippen LogP contribution in [0.15, 0.2) is 10.9 Å². The highest BCUT2D eigenvalue weighted by atomic mass is 19.3. The van der Waals surface area contributed by atoms with Gasteiger partial charge in [0.05, 0.1) is 0 Å². The predicted octanol–water partition coefficient (Wildman–Crippen LogP) is 1.06. The maximum atomic E-state index is 12.4. The number of hydrogen-bond donors (Lipinski definition) is 2. The molecular formula is C5H4F4N2O. The number of alkyl halides is 4. The first-order valence-corrected chi connectivity index (χ1v) is 2.88. The van der Waals surface area contributed by atoms with Crippen LogP contribution in [0.3, 0.4) is 0 Å². The second-order valence-electron chi connectivity index (χ2n) is 2.10. The molecule has 0 fully saturated rings. The first kappa shape index (κ1) is 8.82. The lowest BCUT2D eigenvalue weighted by Crippen LogP contribution is -2.24. The maximum absolute atomic E-state index is 12.4. The predicted molar refractivity (Wildman–Crippen MR) is 31.3 cm³/mol. The van der Waals surface area contributed by atoms with E-state index in [0.29, 0.717) is 6.07 Å². The highest BCUT2D eigenvalue weighted by molar-refractivity contribution is 5.07. The molecule has 1 heterocycles. The van der Waals surface area contributed by atoms with Gasteiger partial charge in [0.2, 0.25) is 0 Å². The lowest BCUT2D eigenvalue weighted by atomic mass is 10.2. The number of aromatic amines is 2. The summed E-state index contributed by atoms with van der Waals surface area (Å²) in [6.45, 7) is 0. The van der Waals surface area contributed by atoms with Crippen molar-refractivity contribution in [2.24, 2.45) is 0 Å². The molecule has 68 valence electrons. The van der Waals surface area contributed by atoms with Crippen LogP contribution >= 0.6 is 0 Å². The van der Waals surface area contributed by atoms with E-state index in [1.807, 2.05) is 0 Å². The van der Waals surface area contributed by atoms with Crippen molar-refractivity contribution in [1.29, 1.82) is 0 Å².